The van der Waals surface area contributed by atoms with Gasteiger partial charge in [-0.05, 0) is 47.0 Å². The molecular weight excluding hydrogens is 374 g/mol. The molecule has 1 rings (SSSR count). The summed E-state index contributed by atoms with van der Waals surface area (Å²) in [5.74, 6) is 1.43. The number of alkyl carbamates (subject to hydrolysis) is 1. The topological polar surface area (TPSA) is 56.8 Å². The number of benzene rings is 1. The number of methoxy groups -OCH3 is 2. The van der Waals surface area contributed by atoms with Crippen molar-refractivity contribution in [3.05, 3.63) is 22.2 Å². The van der Waals surface area contributed by atoms with E-state index in [0.29, 0.717) is 18.7 Å². The third-order valence-corrected chi connectivity index (χ3v) is 3.20. The molecule has 0 bridgehead atoms. The van der Waals surface area contributed by atoms with E-state index in [0.717, 1.165) is 15.8 Å². The first-order chi connectivity index (χ1) is 10.5. The van der Waals surface area contributed by atoms with Gasteiger partial charge in [-0.25, -0.2) is 4.79 Å². The summed E-state index contributed by atoms with van der Waals surface area (Å²) in [6.45, 7) is 5.98. The van der Waals surface area contributed by atoms with Gasteiger partial charge < -0.3 is 19.5 Å². The van der Waals surface area contributed by atoms with Crippen LogP contribution in [0.4, 0.5) is 4.79 Å². The van der Waals surface area contributed by atoms with Gasteiger partial charge in [0.1, 0.15) is 11.5 Å². The molecular formula is C15H23BrClNO4. The van der Waals surface area contributed by atoms with Gasteiger partial charge in [0.05, 0.1) is 18.7 Å². The monoisotopic (exact) mass is 395 g/mol. The van der Waals surface area contributed by atoms with Gasteiger partial charge >= 0.3 is 6.09 Å². The number of alkyl halides is 1. The van der Waals surface area contributed by atoms with Crippen LogP contribution in [0.25, 0.3) is 0 Å². The Balaban J connectivity index is 0.00000211. The molecule has 1 unspecified atom stereocenters. The molecule has 1 aromatic carbocycles. The Labute approximate surface area is 145 Å². The first-order valence-corrected chi connectivity index (χ1v) is 8.19. The van der Waals surface area contributed by atoms with Gasteiger partial charge in [0.2, 0.25) is 0 Å². The van der Waals surface area contributed by atoms with Crippen LogP contribution in [0.5, 0.6) is 11.5 Å². The van der Waals surface area contributed by atoms with Gasteiger partial charge in [0, 0.05) is 6.54 Å². The standard InChI is InChI=1S/C13H17BrClNO4.C2H6/c1-8(15)20-13(17)16-5-4-9-6-12(19-3)10(14)7-11(9)18-2;1-2/h6-8H,4-5H2,1-3H3,(H,16,17);1-2H3. The SMILES string of the molecule is CC.COc1cc(CCNC(=O)OC(C)Cl)c(OC)cc1Br. The molecule has 1 aromatic rings. The van der Waals surface area contributed by atoms with Gasteiger partial charge in [-0.15, -0.1) is 0 Å². The van der Waals surface area contributed by atoms with E-state index in [2.05, 4.69) is 21.2 Å². The minimum atomic E-state index is -0.655. The predicted octanol–water partition coefficient (Wildman–Crippen LogP) is 4.35. The summed E-state index contributed by atoms with van der Waals surface area (Å²) in [4.78, 5) is 11.3. The smallest absolute Gasteiger partial charge is 0.408 e. The summed E-state index contributed by atoms with van der Waals surface area (Å²) in [5, 5.41) is 2.61. The lowest BCUT2D eigenvalue weighted by Crippen LogP contribution is -2.28. The van der Waals surface area contributed by atoms with E-state index in [1.165, 1.54) is 0 Å². The Morgan fingerprint density at radius 2 is 1.86 bits per heavy atom. The Morgan fingerprint density at radius 1 is 1.27 bits per heavy atom. The lowest BCUT2D eigenvalue weighted by molar-refractivity contribution is 0.139. The van der Waals surface area contributed by atoms with Crippen LogP contribution in [-0.2, 0) is 11.2 Å². The van der Waals surface area contributed by atoms with Gasteiger partial charge in [-0.1, -0.05) is 25.4 Å². The molecule has 0 fully saturated rings. The van der Waals surface area contributed by atoms with Crippen molar-refractivity contribution in [3.8, 4) is 11.5 Å². The fraction of sp³-hybridized carbons (Fsp3) is 0.533. The van der Waals surface area contributed by atoms with Crippen LogP contribution < -0.4 is 14.8 Å². The summed E-state index contributed by atoms with van der Waals surface area (Å²) < 4.78 is 16.1. The number of halogens is 2. The summed E-state index contributed by atoms with van der Waals surface area (Å²) >= 11 is 8.94. The number of carbonyl (C=O) groups is 1. The van der Waals surface area contributed by atoms with Crippen LogP contribution in [0.15, 0.2) is 16.6 Å². The zero-order chi connectivity index (χ0) is 17.1. The predicted molar refractivity (Wildman–Crippen MR) is 92.1 cm³/mol. The van der Waals surface area contributed by atoms with E-state index in [4.69, 9.17) is 25.8 Å². The number of amides is 1. The average Bonchev–Trinajstić information content (AvgIpc) is 2.49. The maximum absolute atomic E-state index is 11.3. The zero-order valence-corrected chi connectivity index (χ0v) is 15.9. The highest BCUT2D eigenvalue weighted by Gasteiger charge is 2.11. The third kappa shape index (κ3) is 7.22. The van der Waals surface area contributed by atoms with Crippen molar-refractivity contribution in [2.45, 2.75) is 32.8 Å². The van der Waals surface area contributed by atoms with E-state index < -0.39 is 11.7 Å². The summed E-state index contributed by atoms with van der Waals surface area (Å²) in [5.41, 5.74) is 0.268. The first-order valence-electron chi connectivity index (χ1n) is 6.97. The van der Waals surface area contributed by atoms with Crippen LogP contribution in [0, 0.1) is 0 Å². The minimum Gasteiger partial charge on any atom is -0.496 e. The van der Waals surface area contributed by atoms with Gasteiger partial charge in [-0.3, -0.25) is 0 Å². The molecule has 0 spiro atoms. The summed E-state index contributed by atoms with van der Waals surface area (Å²) in [6.07, 6.45) is 0.0361. The van der Waals surface area contributed by atoms with E-state index in [1.54, 1.807) is 21.1 Å². The number of carbonyl (C=O) groups excluding carboxylic acids is 1. The first kappa shape index (κ1) is 20.9. The van der Waals surface area contributed by atoms with Crippen LogP contribution >= 0.6 is 27.5 Å². The van der Waals surface area contributed by atoms with Crippen molar-refractivity contribution in [1.82, 2.24) is 5.32 Å². The molecule has 126 valence electrons. The normalized spacial score (nSPS) is 10.9. The van der Waals surface area contributed by atoms with E-state index in [1.807, 2.05) is 26.0 Å². The zero-order valence-electron chi connectivity index (χ0n) is 13.5. The van der Waals surface area contributed by atoms with Crippen molar-refractivity contribution < 1.29 is 19.0 Å². The Morgan fingerprint density at radius 3 is 2.36 bits per heavy atom. The molecule has 5 nitrogen and oxygen atoms in total. The largest absolute Gasteiger partial charge is 0.496 e. The van der Waals surface area contributed by atoms with Gasteiger partial charge in [-0.2, -0.15) is 0 Å². The lowest BCUT2D eigenvalue weighted by atomic mass is 10.1. The molecule has 7 heteroatoms. The van der Waals surface area contributed by atoms with Crippen LogP contribution in [0.3, 0.4) is 0 Å². The second-order valence-electron chi connectivity index (χ2n) is 3.92. The molecule has 0 aliphatic carbocycles. The molecule has 1 atom stereocenters. The molecule has 0 saturated carbocycles. The fourth-order valence-corrected chi connectivity index (χ4v) is 2.17. The summed E-state index contributed by atoms with van der Waals surface area (Å²) in [7, 11) is 3.18. The van der Waals surface area contributed by atoms with Crippen LogP contribution in [0.2, 0.25) is 0 Å². The average molecular weight is 397 g/mol. The van der Waals surface area contributed by atoms with Gasteiger partial charge in [0.25, 0.3) is 0 Å². The fourth-order valence-electron chi connectivity index (χ4n) is 1.61. The molecule has 0 aromatic heterocycles. The number of ether oxygens (including phenoxy) is 3. The van der Waals surface area contributed by atoms with E-state index >= 15 is 0 Å². The molecule has 22 heavy (non-hydrogen) atoms. The number of hydrogen-bond acceptors (Lipinski definition) is 4. The Hall–Kier alpha value is -1.14. The molecule has 0 heterocycles. The van der Waals surface area contributed by atoms with Crippen molar-refractivity contribution in [2.75, 3.05) is 20.8 Å². The highest BCUT2D eigenvalue weighted by atomic mass is 79.9. The second kappa shape index (κ2) is 11.4. The van der Waals surface area contributed by atoms with Gasteiger partial charge in [0.15, 0.2) is 5.56 Å². The van der Waals surface area contributed by atoms with Crippen LogP contribution in [-0.4, -0.2) is 32.4 Å². The Bertz CT molecular complexity index is 469. The maximum Gasteiger partial charge on any atom is 0.408 e. The lowest BCUT2D eigenvalue weighted by Gasteiger charge is -2.13. The van der Waals surface area contributed by atoms with Crippen molar-refractivity contribution >= 4 is 33.6 Å². The molecule has 1 amide bonds. The van der Waals surface area contributed by atoms with Crippen molar-refractivity contribution in [3.63, 3.8) is 0 Å². The van der Waals surface area contributed by atoms with Crippen molar-refractivity contribution in [2.24, 2.45) is 0 Å². The number of rotatable bonds is 6. The highest BCUT2D eigenvalue weighted by molar-refractivity contribution is 9.10. The Kier molecular flexibility index (Phi) is 10.8. The van der Waals surface area contributed by atoms with Crippen LogP contribution in [0.1, 0.15) is 26.3 Å². The molecule has 0 aliphatic rings. The maximum atomic E-state index is 11.3. The third-order valence-electron chi connectivity index (χ3n) is 2.49. The molecule has 1 N–H and O–H groups in total. The molecule has 0 radical (unpaired) electrons. The molecule has 0 saturated heterocycles. The number of nitrogens with one attached hydrogen (secondary N) is 1. The number of hydrogen-bond donors (Lipinski definition) is 1. The summed E-state index contributed by atoms with van der Waals surface area (Å²) in [6, 6.07) is 3.69. The molecule has 0 aliphatic heterocycles. The quantitative estimate of drug-likeness (QED) is 0.726. The van der Waals surface area contributed by atoms with Crippen molar-refractivity contribution in [1.29, 1.82) is 0 Å². The van der Waals surface area contributed by atoms with E-state index in [-0.39, 0.29) is 0 Å². The van der Waals surface area contributed by atoms with E-state index in [9.17, 15) is 4.79 Å². The minimum absolute atomic E-state index is 0.406. The second-order valence-corrected chi connectivity index (χ2v) is 5.39. The highest BCUT2D eigenvalue weighted by Crippen LogP contribution is 2.32.